The Morgan fingerprint density at radius 2 is 1.59 bits per heavy atom. The summed E-state index contributed by atoms with van der Waals surface area (Å²) in [4.78, 5) is 38.8. The molecular weight excluding hydrogens is 435 g/mol. The first kappa shape index (κ1) is 23.0. The molecule has 7 nitrogen and oxygen atoms in total. The summed E-state index contributed by atoms with van der Waals surface area (Å²) in [7, 11) is 0. The number of amides is 4. The molecule has 1 fully saturated rings. The molecule has 1 aliphatic heterocycles. The summed E-state index contributed by atoms with van der Waals surface area (Å²) in [5.41, 5.74) is 1.65. The number of hydrogen-bond acceptors (Lipinski definition) is 4. The molecule has 3 aromatic carbocycles. The van der Waals surface area contributed by atoms with Gasteiger partial charge in [0.1, 0.15) is 17.9 Å². The Hall–Kier alpha value is -4.20. The standard InChI is InChI=1S/C26H25FN4O3/c1-17(18-6-4-3-5-7-18)28-21-12-14-22(15-13-21)29-23(32)16-31-24(33)26(2,30-25(31)34)19-8-10-20(27)11-9-19/h3-15,17,28H,16H2,1-2H3,(H,29,32)(H,30,34). The lowest BCUT2D eigenvalue weighted by atomic mass is 9.92. The number of halogens is 1. The Morgan fingerprint density at radius 1 is 0.971 bits per heavy atom. The van der Waals surface area contributed by atoms with Crippen molar-refractivity contribution in [2.75, 3.05) is 17.2 Å². The van der Waals surface area contributed by atoms with Crippen LogP contribution in [0.4, 0.5) is 20.6 Å². The summed E-state index contributed by atoms with van der Waals surface area (Å²) in [5, 5.41) is 8.70. The van der Waals surface area contributed by atoms with Crippen molar-refractivity contribution in [3.63, 3.8) is 0 Å². The summed E-state index contributed by atoms with van der Waals surface area (Å²) in [6.07, 6.45) is 0. The number of urea groups is 1. The fraction of sp³-hybridized carbons (Fsp3) is 0.192. The van der Waals surface area contributed by atoms with Crippen molar-refractivity contribution >= 4 is 29.2 Å². The quantitative estimate of drug-likeness (QED) is 0.456. The minimum absolute atomic E-state index is 0.108. The summed E-state index contributed by atoms with van der Waals surface area (Å²) < 4.78 is 13.3. The van der Waals surface area contributed by atoms with Gasteiger partial charge in [0.25, 0.3) is 5.91 Å². The van der Waals surface area contributed by atoms with E-state index in [1.54, 1.807) is 12.1 Å². The first-order valence-corrected chi connectivity index (χ1v) is 10.9. The number of carbonyl (C=O) groups is 3. The second-order valence-corrected chi connectivity index (χ2v) is 8.36. The molecule has 2 unspecified atom stereocenters. The Morgan fingerprint density at radius 3 is 2.24 bits per heavy atom. The topological polar surface area (TPSA) is 90.5 Å². The second-order valence-electron chi connectivity index (χ2n) is 8.36. The van der Waals surface area contributed by atoms with Crippen LogP contribution in [0.25, 0.3) is 0 Å². The van der Waals surface area contributed by atoms with E-state index in [9.17, 15) is 18.8 Å². The van der Waals surface area contributed by atoms with Gasteiger partial charge in [-0.25, -0.2) is 9.18 Å². The number of benzene rings is 3. The van der Waals surface area contributed by atoms with E-state index in [2.05, 4.69) is 22.9 Å². The number of nitrogens with one attached hydrogen (secondary N) is 3. The predicted molar refractivity (Wildman–Crippen MR) is 128 cm³/mol. The van der Waals surface area contributed by atoms with Crippen LogP contribution in [0.1, 0.15) is 31.0 Å². The van der Waals surface area contributed by atoms with E-state index >= 15 is 0 Å². The molecule has 4 amide bonds. The van der Waals surface area contributed by atoms with Crippen LogP contribution in [0.3, 0.4) is 0 Å². The first-order valence-electron chi connectivity index (χ1n) is 10.9. The highest BCUT2D eigenvalue weighted by atomic mass is 19.1. The van der Waals surface area contributed by atoms with Crippen LogP contribution in [0.2, 0.25) is 0 Å². The van der Waals surface area contributed by atoms with Gasteiger partial charge in [0.15, 0.2) is 0 Å². The molecule has 0 aliphatic carbocycles. The molecule has 1 saturated heterocycles. The normalized spacial score (nSPS) is 18.4. The Labute approximate surface area is 197 Å². The maximum Gasteiger partial charge on any atom is 0.325 e. The van der Waals surface area contributed by atoms with E-state index in [-0.39, 0.29) is 6.04 Å². The highest BCUT2D eigenvalue weighted by molar-refractivity contribution is 6.10. The minimum Gasteiger partial charge on any atom is -0.379 e. The molecule has 34 heavy (non-hydrogen) atoms. The molecule has 3 aromatic rings. The number of hydrogen-bond donors (Lipinski definition) is 3. The molecule has 1 aliphatic rings. The third kappa shape index (κ3) is 4.76. The maximum atomic E-state index is 13.3. The largest absolute Gasteiger partial charge is 0.379 e. The van der Waals surface area contributed by atoms with Gasteiger partial charge in [-0.1, -0.05) is 42.5 Å². The molecule has 0 spiro atoms. The Kier molecular flexibility index (Phi) is 6.32. The van der Waals surface area contributed by atoms with Crippen molar-refractivity contribution in [1.29, 1.82) is 0 Å². The predicted octanol–water partition coefficient (Wildman–Crippen LogP) is 4.40. The van der Waals surface area contributed by atoms with Crippen molar-refractivity contribution < 1.29 is 18.8 Å². The highest BCUT2D eigenvalue weighted by Gasteiger charge is 2.49. The van der Waals surface area contributed by atoms with Crippen LogP contribution < -0.4 is 16.0 Å². The van der Waals surface area contributed by atoms with Gasteiger partial charge in [0.2, 0.25) is 5.91 Å². The van der Waals surface area contributed by atoms with Crippen LogP contribution in [0.5, 0.6) is 0 Å². The zero-order valence-corrected chi connectivity index (χ0v) is 18.8. The lowest BCUT2D eigenvalue weighted by Gasteiger charge is -2.22. The number of nitrogens with zero attached hydrogens (tertiary/aromatic N) is 1. The van der Waals surface area contributed by atoms with E-state index in [0.717, 1.165) is 16.2 Å². The second kappa shape index (κ2) is 9.35. The Balaban J connectivity index is 1.36. The average Bonchev–Trinajstić information content (AvgIpc) is 3.05. The molecule has 3 N–H and O–H groups in total. The molecule has 2 atom stereocenters. The summed E-state index contributed by atoms with van der Waals surface area (Å²) in [5.74, 6) is -1.53. The van der Waals surface area contributed by atoms with Gasteiger partial charge in [0, 0.05) is 17.4 Å². The van der Waals surface area contributed by atoms with Gasteiger partial charge in [-0.3, -0.25) is 14.5 Å². The van der Waals surface area contributed by atoms with Crippen molar-refractivity contribution in [3.05, 3.63) is 95.8 Å². The zero-order valence-electron chi connectivity index (χ0n) is 18.8. The van der Waals surface area contributed by atoms with Crippen LogP contribution in [0.15, 0.2) is 78.9 Å². The van der Waals surface area contributed by atoms with Gasteiger partial charge in [-0.15, -0.1) is 0 Å². The lowest BCUT2D eigenvalue weighted by Crippen LogP contribution is -2.42. The van der Waals surface area contributed by atoms with Crippen LogP contribution >= 0.6 is 0 Å². The van der Waals surface area contributed by atoms with Crippen LogP contribution in [-0.2, 0) is 15.1 Å². The fourth-order valence-corrected chi connectivity index (χ4v) is 3.89. The summed E-state index contributed by atoms with van der Waals surface area (Å²) in [6.45, 7) is 3.15. The van der Waals surface area contributed by atoms with E-state index < -0.39 is 35.7 Å². The molecule has 4 rings (SSSR count). The monoisotopic (exact) mass is 460 g/mol. The number of anilines is 2. The van der Waals surface area contributed by atoms with E-state index in [1.807, 2.05) is 42.5 Å². The number of imide groups is 1. The number of carbonyl (C=O) groups excluding carboxylic acids is 3. The van der Waals surface area contributed by atoms with Crippen molar-refractivity contribution in [2.45, 2.75) is 25.4 Å². The van der Waals surface area contributed by atoms with Gasteiger partial charge in [-0.05, 0) is 61.4 Å². The highest BCUT2D eigenvalue weighted by Crippen LogP contribution is 2.29. The lowest BCUT2D eigenvalue weighted by molar-refractivity contribution is -0.133. The van der Waals surface area contributed by atoms with Gasteiger partial charge in [-0.2, -0.15) is 0 Å². The number of rotatable bonds is 7. The SMILES string of the molecule is CC(Nc1ccc(NC(=O)CN2C(=O)NC(C)(c3ccc(F)cc3)C2=O)cc1)c1ccccc1. The summed E-state index contributed by atoms with van der Waals surface area (Å²) in [6, 6.07) is 21.9. The molecular formula is C26H25FN4O3. The Bertz CT molecular complexity index is 1200. The maximum absolute atomic E-state index is 13.3. The molecule has 0 aromatic heterocycles. The first-order chi connectivity index (χ1) is 16.3. The van der Waals surface area contributed by atoms with Crippen LogP contribution in [0, 0.1) is 5.82 Å². The zero-order chi connectivity index (χ0) is 24.3. The van der Waals surface area contributed by atoms with Gasteiger partial charge < -0.3 is 16.0 Å². The minimum atomic E-state index is -1.37. The third-order valence-electron chi connectivity index (χ3n) is 5.85. The fourth-order valence-electron chi connectivity index (χ4n) is 3.89. The van der Waals surface area contributed by atoms with Crippen molar-refractivity contribution in [3.8, 4) is 0 Å². The molecule has 8 heteroatoms. The molecule has 0 bridgehead atoms. The average molecular weight is 461 g/mol. The van der Waals surface area contributed by atoms with E-state index in [4.69, 9.17) is 0 Å². The van der Waals surface area contributed by atoms with Crippen molar-refractivity contribution in [2.24, 2.45) is 0 Å². The van der Waals surface area contributed by atoms with E-state index in [0.29, 0.717) is 11.3 Å². The molecule has 1 heterocycles. The summed E-state index contributed by atoms with van der Waals surface area (Å²) >= 11 is 0. The van der Waals surface area contributed by atoms with Crippen molar-refractivity contribution in [1.82, 2.24) is 10.2 Å². The molecule has 0 saturated carbocycles. The van der Waals surface area contributed by atoms with E-state index in [1.165, 1.54) is 31.2 Å². The molecule has 0 radical (unpaired) electrons. The molecule has 174 valence electrons. The third-order valence-corrected chi connectivity index (χ3v) is 5.85. The van der Waals surface area contributed by atoms with Crippen LogP contribution in [-0.4, -0.2) is 29.3 Å². The smallest absolute Gasteiger partial charge is 0.325 e. The van der Waals surface area contributed by atoms with Gasteiger partial charge in [0.05, 0.1) is 0 Å². The van der Waals surface area contributed by atoms with Gasteiger partial charge >= 0.3 is 6.03 Å².